The van der Waals surface area contributed by atoms with Gasteiger partial charge in [-0.25, -0.2) is 9.78 Å². The van der Waals surface area contributed by atoms with Crippen LogP contribution < -0.4 is 10.6 Å². The molecule has 0 aliphatic carbocycles. The zero-order valence-electron chi connectivity index (χ0n) is 21.3. The molecular weight excluding hydrogens is 514 g/mol. The van der Waals surface area contributed by atoms with Crippen LogP contribution in [0.5, 0.6) is 0 Å². The van der Waals surface area contributed by atoms with Crippen LogP contribution in [0.3, 0.4) is 0 Å². The normalized spacial score (nSPS) is 18.9. The maximum atomic E-state index is 12.2. The van der Waals surface area contributed by atoms with E-state index in [0.29, 0.717) is 25.3 Å². The molecule has 4 aromatic rings. The molecule has 3 aromatic carbocycles. The van der Waals surface area contributed by atoms with Gasteiger partial charge in [-0.3, -0.25) is 5.10 Å². The topological polar surface area (TPSA) is 121 Å². The number of hydrogen-bond acceptors (Lipinski definition) is 7. The summed E-state index contributed by atoms with van der Waals surface area (Å²) in [5.41, 5.74) is 4.82. The molecule has 10 heteroatoms. The van der Waals surface area contributed by atoms with Gasteiger partial charge in [0.15, 0.2) is 11.4 Å². The molecule has 1 aliphatic heterocycles. The summed E-state index contributed by atoms with van der Waals surface area (Å²) in [6.45, 7) is 0.884. The van der Waals surface area contributed by atoms with Gasteiger partial charge in [-0.15, -0.1) is 0 Å². The fourth-order valence-electron chi connectivity index (χ4n) is 4.27. The zero-order chi connectivity index (χ0) is 26.9. The average Bonchev–Trinajstić information content (AvgIpc) is 3.52. The third-order valence-corrected chi connectivity index (χ3v) is 7.42. The molecule has 1 aliphatic rings. The number of hydrogen-bond donors (Lipinski definition) is 4. The molecule has 9 nitrogen and oxygen atoms in total. The molecule has 2 amide bonds. The third-order valence-electron chi connectivity index (χ3n) is 6.41. The van der Waals surface area contributed by atoms with Crippen LogP contribution in [-0.4, -0.2) is 38.2 Å². The second-order valence-electron chi connectivity index (χ2n) is 9.22. The van der Waals surface area contributed by atoms with Crippen LogP contribution in [0.25, 0.3) is 0 Å². The van der Waals surface area contributed by atoms with Gasteiger partial charge in [0.1, 0.15) is 6.33 Å². The van der Waals surface area contributed by atoms with Crippen molar-refractivity contribution in [3.05, 3.63) is 113 Å². The Hall–Kier alpha value is -3.70. The van der Waals surface area contributed by atoms with E-state index in [1.807, 2.05) is 78.9 Å². The van der Waals surface area contributed by atoms with E-state index in [4.69, 9.17) is 9.47 Å². The van der Waals surface area contributed by atoms with Crippen molar-refractivity contribution in [2.24, 2.45) is 0 Å². The van der Waals surface area contributed by atoms with Gasteiger partial charge in [-0.05, 0) is 22.3 Å². The van der Waals surface area contributed by atoms with E-state index in [9.17, 15) is 9.90 Å². The summed E-state index contributed by atoms with van der Waals surface area (Å²) in [5.74, 6) is 0.695. The lowest BCUT2D eigenvalue weighted by Crippen LogP contribution is -2.34. The number of aliphatic hydroxyl groups excluding tert-OH is 1. The first-order chi connectivity index (χ1) is 19.2. The Bertz CT molecular complexity index is 1300. The third kappa shape index (κ3) is 7.67. The Morgan fingerprint density at radius 3 is 2.23 bits per heavy atom. The van der Waals surface area contributed by atoms with Gasteiger partial charge < -0.3 is 25.2 Å². The average molecular weight is 546 g/mol. The summed E-state index contributed by atoms with van der Waals surface area (Å²) >= 11 is 1.56. The Morgan fingerprint density at radius 1 is 0.897 bits per heavy atom. The molecule has 39 heavy (non-hydrogen) atoms. The van der Waals surface area contributed by atoms with Gasteiger partial charge in [0.25, 0.3) is 0 Å². The summed E-state index contributed by atoms with van der Waals surface area (Å²) in [5, 5.41) is 22.7. The number of H-pyrrole nitrogens is 1. The second-order valence-corrected chi connectivity index (χ2v) is 10.2. The molecule has 5 rings (SSSR count). The fourth-order valence-corrected chi connectivity index (χ4v) is 5.07. The summed E-state index contributed by atoms with van der Waals surface area (Å²) in [7, 11) is 0. The molecule has 0 saturated carbocycles. The van der Waals surface area contributed by atoms with Crippen molar-refractivity contribution < 1.29 is 19.4 Å². The predicted molar refractivity (Wildman–Crippen MR) is 147 cm³/mol. The first-order valence-corrected chi connectivity index (χ1v) is 13.8. The van der Waals surface area contributed by atoms with Gasteiger partial charge in [0.2, 0.25) is 0 Å². The number of thioether (sulfide) groups is 1. The number of benzene rings is 3. The Morgan fingerprint density at radius 2 is 1.56 bits per heavy atom. The quantitative estimate of drug-likeness (QED) is 0.214. The van der Waals surface area contributed by atoms with Gasteiger partial charge in [0, 0.05) is 30.8 Å². The molecule has 0 spiro atoms. The lowest BCUT2D eigenvalue weighted by molar-refractivity contribution is -0.245. The molecule has 0 radical (unpaired) electrons. The van der Waals surface area contributed by atoms with E-state index in [-0.39, 0.29) is 24.8 Å². The molecule has 1 aromatic heterocycles. The lowest BCUT2D eigenvalue weighted by Gasteiger charge is -2.36. The first-order valence-electron chi connectivity index (χ1n) is 12.8. The standard InChI is InChI=1S/C29H31N5O4S/c35-17-22-8-10-23(11-9-22)26-14-25(18-39-29-32-19-33-34-29)37-27(38-26)24-12-6-21(7-13-24)16-31-28(36)30-15-20-4-2-1-3-5-20/h1-13,19,25-27,35H,14-18H2,(H2,30,31,36)(H,32,33,34). The Labute approximate surface area is 231 Å². The van der Waals surface area contributed by atoms with Crippen molar-refractivity contribution in [2.45, 2.75) is 49.8 Å². The highest BCUT2D eigenvalue weighted by molar-refractivity contribution is 7.99. The van der Waals surface area contributed by atoms with E-state index < -0.39 is 6.29 Å². The SMILES string of the molecule is O=C(NCc1ccccc1)NCc1ccc(C2OC(CSc3ncn[nH]3)CC(c3ccc(CO)cc3)O2)cc1. The molecule has 2 heterocycles. The predicted octanol–water partition coefficient (Wildman–Crippen LogP) is 4.63. The number of aliphatic hydroxyl groups is 1. The number of aromatic amines is 1. The maximum Gasteiger partial charge on any atom is 0.315 e. The molecule has 1 fully saturated rings. The van der Waals surface area contributed by atoms with Crippen molar-refractivity contribution in [1.82, 2.24) is 25.8 Å². The second kappa shape index (κ2) is 13.4. The minimum Gasteiger partial charge on any atom is -0.392 e. The maximum absolute atomic E-state index is 12.2. The van der Waals surface area contributed by atoms with Gasteiger partial charge >= 0.3 is 6.03 Å². The smallest absolute Gasteiger partial charge is 0.315 e. The van der Waals surface area contributed by atoms with Crippen LogP contribution in [0.15, 0.2) is 90.3 Å². The summed E-state index contributed by atoms with van der Waals surface area (Å²) in [6, 6.07) is 25.3. The van der Waals surface area contributed by atoms with E-state index >= 15 is 0 Å². The number of aromatic nitrogens is 3. The van der Waals surface area contributed by atoms with Crippen molar-refractivity contribution in [1.29, 1.82) is 0 Å². The van der Waals surface area contributed by atoms with Crippen LogP contribution in [-0.2, 0) is 29.2 Å². The number of nitrogens with zero attached hydrogens (tertiary/aromatic N) is 2. The number of carbonyl (C=O) groups excluding carboxylic acids is 1. The number of urea groups is 1. The van der Waals surface area contributed by atoms with Crippen molar-refractivity contribution >= 4 is 17.8 Å². The lowest BCUT2D eigenvalue weighted by atomic mass is 10.0. The van der Waals surface area contributed by atoms with E-state index in [1.54, 1.807) is 11.8 Å². The van der Waals surface area contributed by atoms with Gasteiger partial charge in [0.05, 0.1) is 18.8 Å². The van der Waals surface area contributed by atoms with Crippen molar-refractivity contribution in [3.8, 4) is 0 Å². The number of nitrogens with one attached hydrogen (secondary N) is 3. The molecule has 4 N–H and O–H groups in total. The van der Waals surface area contributed by atoms with Crippen LogP contribution in [0.4, 0.5) is 4.79 Å². The van der Waals surface area contributed by atoms with E-state index in [2.05, 4.69) is 25.8 Å². The molecule has 3 unspecified atom stereocenters. The van der Waals surface area contributed by atoms with Crippen LogP contribution >= 0.6 is 11.8 Å². The minimum atomic E-state index is -0.544. The summed E-state index contributed by atoms with van der Waals surface area (Å²) in [6.07, 6.45) is 1.40. The largest absolute Gasteiger partial charge is 0.392 e. The molecular formula is C29H31N5O4S. The molecule has 0 bridgehead atoms. The number of rotatable bonds is 10. The van der Waals surface area contributed by atoms with Crippen LogP contribution in [0.1, 0.15) is 46.6 Å². The first kappa shape index (κ1) is 26.9. The Balaban J connectivity index is 1.20. The van der Waals surface area contributed by atoms with Gasteiger partial charge in [-0.1, -0.05) is 90.6 Å². The van der Waals surface area contributed by atoms with Crippen LogP contribution in [0, 0.1) is 0 Å². The highest BCUT2D eigenvalue weighted by Gasteiger charge is 2.32. The Kier molecular flexibility index (Phi) is 9.23. The van der Waals surface area contributed by atoms with E-state index in [0.717, 1.165) is 33.0 Å². The number of carbonyl (C=O) groups is 1. The zero-order valence-corrected chi connectivity index (χ0v) is 22.1. The van der Waals surface area contributed by atoms with Crippen molar-refractivity contribution in [3.63, 3.8) is 0 Å². The summed E-state index contributed by atoms with van der Waals surface area (Å²) in [4.78, 5) is 16.4. The van der Waals surface area contributed by atoms with Crippen molar-refractivity contribution in [2.75, 3.05) is 5.75 Å². The number of amides is 2. The molecule has 202 valence electrons. The fraction of sp³-hybridized carbons (Fsp3) is 0.276. The van der Waals surface area contributed by atoms with Gasteiger partial charge in [-0.2, -0.15) is 5.10 Å². The minimum absolute atomic E-state index is 0.00385. The molecule has 3 atom stereocenters. The monoisotopic (exact) mass is 545 g/mol. The number of ether oxygens (including phenoxy) is 2. The summed E-state index contributed by atoms with van der Waals surface area (Å²) < 4.78 is 12.8. The highest BCUT2D eigenvalue weighted by Crippen LogP contribution is 2.39. The molecule has 1 saturated heterocycles. The highest BCUT2D eigenvalue weighted by atomic mass is 32.2. The van der Waals surface area contributed by atoms with E-state index in [1.165, 1.54) is 6.33 Å². The van der Waals surface area contributed by atoms with Crippen LogP contribution in [0.2, 0.25) is 0 Å².